The quantitative estimate of drug-likeness (QED) is 0.668. The van der Waals surface area contributed by atoms with E-state index in [2.05, 4.69) is 12.2 Å². The molecule has 4 aliphatic rings. The summed E-state index contributed by atoms with van der Waals surface area (Å²) in [7, 11) is 0. The van der Waals surface area contributed by atoms with E-state index in [1.165, 1.54) is 38.5 Å². The molecule has 152 valence electrons. The van der Waals surface area contributed by atoms with E-state index in [-0.39, 0.29) is 30.4 Å². The van der Waals surface area contributed by atoms with Gasteiger partial charge in [-0.1, -0.05) is 29.3 Å². The lowest BCUT2D eigenvalue weighted by Crippen LogP contribution is -2.56. The highest BCUT2D eigenvalue weighted by Gasteiger charge is 2.53. The van der Waals surface area contributed by atoms with Crippen LogP contribution < -0.4 is 5.32 Å². The lowest BCUT2D eigenvalue weighted by molar-refractivity contribution is -0.148. The molecule has 1 amide bonds. The molecule has 4 fully saturated rings. The lowest BCUT2D eigenvalue weighted by Gasteiger charge is -2.59. The van der Waals surface area contributed by atoms with Crippen LogP contribution in [0.5, 0.6) is 0 Å². The van der Waals surface area contributed by atoms with Crippen LogP contribution in [-0.4, -0.2) is 24.5 Å². The molecule has 28 heavy (non-hydrogen) atoms. The number of hydrogen-bond acceptors (Lipinski definition) is 3. The molecule has 0 saturated heterocycles. The number of halogens is 2. The monoisotopic (exact) mass is 423 g/mol. The van der Waals surface area contributed by atoms with Gasteiger partial charge in [0.15, 0.2) is 6.61 Å². The van der Waals surface area contributed by atoms with Gasteiger partial charge in [-0.05, 0) is 86.3 Å². The van der Waals surface area contributed by atoms with Crippen molar-refractivity contribution in [2.24, 2.45) is 23.2 Å². The van der Waals surface area contributed by atoms with E-state index in [0.717, 1.165) is 17.8 Å². The molecule has 1 N–H and O–H groups in total. The summed E-state index contributed by atoms with van der Waals surface area (Å²) in [5.74, 6) is 1.86. The number of amides is 1. The Balaban J connectivity index is 1.26. The Morgan fingerprint density at radius 1 is 1.11 bits per heavy atom. The molecule has 4 aliphatic carbocycles. The van der Waals surface area contributed by atoms with E-state index in [1.54, 1.807) is 18.2 Å². The number of carbonyl (C=O) groups is 2. The molecule has 0 aliphatic heterocycles. The van der Waals surface area contributed by atoms with Gasteiger partial charge >= 0.3 is 5.97 Å². The zero-order valence-electron chi connectivity index (χ0n) is 16.2. The van der Waals surface area contributed by atoms with Gasteiger partial charge in [0.2, 0.25) is 0 Å². The summed E-state index contributed by atoms with van der Waals surface area (Å²) in [4.78, 5) is 24.4. The normalized spacial score (nSPS) is 31.5. The molecule has 1 aromatic carbocycles. The third-order valence-electron chi connectivity index (χ3n) is 7.08. The number of ether oxygens (including phenoxy) is 1. The zero-order valence-corrected chi connectivity index (χ0v) is 17.7. The summed E-state index contributed by atoms with van der Waals surface area (Å²) >= 11 is 11.8. The first-order chi connectivity index (χ1) is 13.3. The van der Waals surface area contributed by atoms with E-state index in [9.17, 15) is 9.59 Å². The molecular weight excluding hydrogens is 397 g/mol. The van der Waals surface area contributed by atoms with E-state index >= 15 is 0 Å². The van der Waals surface area contributed by atoms with Crippen LogP contribution in [0.2, 0.25) is 10.0 Å². The molecule has 4 nitrogen and oxygen atoms in total. The fraction of sp³-hybridized carbons (Fsp3) is 0.636. The van der Waals surface area contributed by atoms with Gasteiger partial charge in [-0.15, -0.1) is 0 Å². The molecule has 5 rings (SSSR count). The van der Waals surface area contributed by atoms with Crippen molar-refractivity contribution in [3.8, 4) is 0 Å². The zero-order chi connectivity index (χ0) is 19.9. The Morgan fingerprint density at radius 2 is 1.71 bits per heavy atom. The van der Waals surface area contributed by atoms with Crippen LogP contribution in [0.25, 0.3) is 0 Å². The highest BCUT2D eigenvalue weighted by atomic mass is 35.5. The van der Waals surface area contributed by atoms with E-state index < -0.39 is 5.97 Å². The van der Waals surface area contributed by atoms with Gasteiger partial charge in [0, 0.05) is 6.04 Å². The van der Waals surface area contributed by atoms with Gasteiger partial charge < -0.3 is 10.1 Å². The molecule has 4 saturated carbocycles. The van der Waals surface area contributed by atoms with Gasteiger partial charge in [0.25, 0.3) is 5.91 Å². The van der Waals surface area contributed by atoms with Crippen molar-refractivity contribution in [1.29, 1.82) is 0 Å². The first-order valence-electron chi connectivity index (χ1n) is 10.2. The smallest absolute Gasteiger partial charge is 0.310 e. The van der Waals surface area contributed by atoms with Crippen LogP contribution in [0.1, 0.15) is 51.0 Å². The number of benzene rings is 1. The molecule has 4 bridgehead atoms. The number of hydrogen-bond donors (Lipinski definition) is 1. The molecule has 0 radical (unpaired) electrons. The van der Waals surface area contributed by atoms with Crippen molar-refractivity contribution in [2.75, 3.05) is 6.61 Å². The topological polar surface area (TPSA) is 55.4 Å². The third-order valence-corrected chi connectivity index (χ3v) is 7.82. The maximum Gasteiger partial charge on any atom is 0.310 e. The summed E-state index contributed by atoms with van der Waals surface area (Å²) in [5, 5.41) is 3.96. The fourth-order valence-electron chi connectivity index (χ4n) is 6.16. The molecule has 0 aromatic heterocycles. The summed E-state index contributed by atoms with van der Waals surface area (Å²) in [6.07, 6.45) is 7.91. The molecule has 0 unspecified atom stereocenters. The van der Waals surface area contributed by atoms with Gasteiger partial charge in [-0.2, -0.15) is 0 Å². The van der Waals surface area contributed by atoms with Crippen LogP contribution >= 0.6 is 23.2 Å². The second-order valence-corrected chi connectivity index (χ2v) is 9.97. The Kier molecular flexibility index (Phi) is 5.63. The van der Waals surface area contributed by atoms with E-state index in [0.29, 0.717) is 15.6 Å². The summed E-state index contributed by atoms with van der Waals surface area (Å²) < 4.78 is 5.17. The summed E-state index contributed by atoms with van der Waals surface area (Å²) in [6.45, 7) is 1.89. The van der Waals surface area contributed by atoms with Crippen LogP contribution in [0.3, 0.4) is 0 Å². The van der Waals surface area contributed by atoms with Gasteiger partial charge in [0.05, 0.1) is 16.5 Å². The number of carbonyl (C=O) groups excluding carboxylic acids is 2. The number of nitrogens with one attached hydrogen (secondary N) is 1. The van der Waals surface area contributed by atoms with Crippen molar-refractivity contribution in [3.63, 3.8) is 0 Å². The van der Waals surface area contributed by atoms with E-state index in [1.807, 2.05) is 0 Å². The Hall–Kier alpha value is -1.26. The number of esters is 1. The first kappa shape index (κ1) is 20.0. The van der Waals surface area contributed by atoms with Crippen molar-refractivity contribution in [2.45, 2.75) is 57.9 Å². The van der Waals surface area contributed by atoms with Gasteiger partial charge in [-0.3, -0.25) is 9.59 Å². The highest BCUT2D eigenvalue weighted by molar-refractivity contribution is 6.42. The molecule has 1 atom stereocenters. The maximum absolute atomic E-state index is 12.4. The number of rotatable bonds is 6. The Bertz CT molecular complexity index is 744. The highest BCUT2D eigenvalue weighted by Crippen LogP contribution is 2.61. The molecule has 0 spiro atoms. The SMILES string of the molecule is C[C@@H](NC(=O)COC(=O)Cc1ccc(Cl)c(Cl)c1)C12CC3CC(CC(C3)C1)C2. The van der Waals surface area contributed by atoms with Crippen LogP contribution in [0.4, 0.5) is 0 Å². The van der Waals surface area contributed by atoms with Crippen molar-refractivity contribution in [3.05, 3.63) is 33.8 Å². The van der Waals surface area contributed by atoms with Crippen LogP contribution in [0, 0.1) is 23.2 Å². The Labute approximate surface area is 176 Å². The largest absolute Gasteiger partial charge is 0.455 e. The molecule has 6 heteroatoms. The minimum Gasteiger partial charge on any atom is -0.455 e. The van der Waals surface area contributed by atoms with Gasteiger partial charge in [-0.25, -0.2) is 0 Å². The average molecular weight is 424 g/mol. The minimum absolute atomic E-state index is 0.0642. The lowest BCUT2D eigenvalue weighted by atomic mass is 9.48. The molecule has 0 heterocycles. The summed E-state index contributed by atoms with van der Waals surface area (Å²) in [6, 6.07) is 5.14. The van der Waals surface area contributed by atoms with Crippen molar-refractivity contribution in [1.82, 2.24) is 5.32 Å². The van der Waals surface area contributed by atoms with Crippen LogP contribution in [-0.2, 0) is 20.7 Å². The molecular formula is C22H27Cl2NO3. The summed E-state index contributed by atoms with van der Waals surface area (Å²) in [5.41, 5.74) is 0.954. The molecule has 1 aromatic rings. The maximum atomic E-state index is 12.4. The van der Waals surface area contributed by atoms with Crippen molar-refractivity contribution < 1.29 is 14.3 Å². The second-order valence-electron chi connectivity index (χ2n) is 9.16. The first-order valence-corrected chi connectivity index (χ1v) is 11.0. The predicted molar refractivity (Wildman–Crippen MR) is 109 cm³/mol. The fourth-order valence-corrected chi connectivity index (χ4v) is 6.48. The van der Waals surface area contributed by atoms with Crippen molar-refractivity contribution >= 4 is 35.1 Å². The van der Waals surface area contributed by atoms with E-state index in [4.69, 9.17) is 27.9 Å². The third kappa shape index (κ3) is 4.18. The Morgan fingerprint density at radius 3 is 2.29 bits per heavy atom. The predicted octanol–water partition coefficient (Wildman–Crippen LogP) is 4.80. The van der Waals surface area contributed by atoms with Gasteiger partial charge in [0.1, 0.15) is 0 Å². The second kappa shape index (κ2) is 7.87. The van der Waals surface area contributed by atoms with Crippen LogP contribution in [0.15, 0.2) is 18.2 Å². The average Bonchev–Trinajstić information content (AvgIpc) is 2.62. The minimum atomic E-state index is -0.448. The standard InChI is InChI=1S/C22H27Cl2NO3/c1-13(22-9-15-4-16(10-22)6-17(5-15)11-22)25-20(26)12-28-21(27)8-14-2-3-18(23)19(24)7-14/h2-3,7,13,15-17H,4-6,8-12H2,1H3,(H,25,26)/t13-,15?,16?,17?,22?/m1/s1.